The number of likely N-dealkylation sites (tertiary alicyclic amines) is 1. The average Bonchev–Trinajstić information content (AvgIpc) is 2.59. The number of rotatable bonds is 2. The van der Waals surface area contributed by atoms with Gasteiger partial charge in [0.1, 0.15) is 0 Å². The van der Waals surface area contributed by atoms with Gasteiger partial charge in [0.2, 0.25) is 0 Å². The van der Waals surface area contributed by atoms with Crippen LogP contribution in [0.5, 0.6) is 0 Å². The van der Waals surface area contributed by atoms with Crippen molar-refractivity contribution in [2.45, 2.75) is 45.7 Å². The summed E-state index contributed by atoms with van der Waals surface area (Å²) in [7, 11) is 2.20. The molecule has 0 saturated carbocycles. The summed E-state index contributed by atoms with van der Waals surface area (Å²) in [6.07, 6.45) is 2.49. The van der Waals surface area contributed by atoms with Crippen molar-refractivity contribution in [1.82, 2.24) is 14.7 Å². The number of nitrogens with zero attached hydrogens (tertiary/aromatic N) is 3. The summed E-state index contributed by atoms with van der Waals surface area (Å²) >= 11 is 0. The van der Waals surface area contributed by atoms with Gasteiger partial charge in [0, 0.05) is 37.4 Å². The molecular weight excluding hydrogens is 312 g/mol. The number of hydrogen-bond acceptors (Lipinski definition) is 3. The molecule has 2 fully saturated rings. The molecule has 2 amide bonds. The first-order chi connectivity index (χ1) is 11.9. The Hall–Kier alpha value is -1.59. The van der Waals surface area contributed by atoms with E-state index in [4.69, 9.17) is 0 Å². The minimum Gasteiger partial charge on any atom is -0.322 e. The summed E-state index contributed by atoms with van der Waals surface area (Å²) in [6, 6.07) is 7.32. The van der Waals surface area contributed by atoms with Crippen LogP contribution in [0.25, 0.3) is 0 Å². The normalized spacial score (nSPS) is 23.7. The lowest BCUT2D eigenvalue weighted by atomic mass is 10.0. The largest absolute Gasteiger partial charge is 0.322 e. The van der Waals surface area contributed by atoms with Gasteiger partial charge in [0.15, 0.2) is 0 Å². The highest BCUT2D eigenvalue weighted by molar-refractivity contribution is 5.90. The molecule has 0 aliphatic carbocycles. The molecule has 2 heterocycles. The van der Waals surface area contributed by atoms with E-state index in [9.17, 15) is 4.79 Å². The second-order valence-corrected chi connectivity index (χ2v) is 7.82. The maximum absolute atomic E-state index is 12.7. The predicted molar refractivity (Wildman–Crippen MR) is 103 cm³/mol. The zero-order valence-electron chi connectivity index (χ0n) is 16.1. The molecule has 2 saturated heterocycles. The number of urea groups is 1. The maximum atomic E-state index is 12.7. The fourth-order valence-corrected chi connectivity index (χ4v) is 4.09. The van der Waals surface area contributed by atoms with Gasteiger partial charge in [0.25, 0.3) is 0 Å². The third-order valence-electron chi connectivity index (χ3n) is 5.76. The van der Waals surface area contributed by atoms with E-state index in [0.717, 1.165) is 30.9 Å². The van der Waals surface area contributed by atoms with Gasteiger partial charge in [-0.2, -0.15) is 0 Å². The average molecular weight is 345 g/mol. The maximum Gasteiger partial charge on any atom is 0.321 e. The Morgan fingerprint density at radius 2 is 1.84 bits per heavy atom. The van der Waals surface area contributed by atoms with E-state index < -0.39 is 0 Å². The molecule has 138 valence electrons. The minimum absolute atomic E-state index is 0.0311. The zero-order valence-corrected chi connectivity index (χ0v) is 16.1. The Morgan fingerprint density at radius 1 is 1.12 bits per heavy atom. The summed E-state index contributed by atoms with van der Waals surface area (Å²) in [5.41, 5.74) is 3.20. The molecule has 0 bridgehead atoms. The van der Waals surface area contributed by atoms with Crippen LogP contribution in [0.15, 0.2) is 18.2 Å². The van der Waals surface area contributed by atoms with Crippen LogP contribution >= 0.6 is 0 Å². The first-order valence-corrected chi connectivity index (χ1v) is 9.51. The van der Waals surface area contributed by atoms with Crippen molar-refractivity contribution in [3.05, 3.63) is 29.3 Å². The number of benzene rings is 1. The lowest BCUT2D eigenvalue weighted by Crippen LogP contribution is -2.58. The molecule has 1 aromatic carbocycles. The Morgan fingerprint density at radius 3 is 2.52 bits per heavy atom. The third kappa shape index (κ3) is 4.33. The quantitative estimate of drug-likeness (QED) is 0.896. The molecule has 0 aromatic heterocycles. The zero-order chi connectivity index (χ0) is 18.0. The van der Waals surface area contributed by atoms with E-state index in [1.165, 1.54) is 31.5 Å². The summed E-state index contributed by atoms with van der Waals surface area (Å²) in [5, 5.41) is 3.10. The first-order valence-electron chi connectivity index (χ1n) is 9.51. The molecular formula is C20H32N4O. The smallest absolute Gasteiger partial charge is 0.321 e. The van der Waals surface area contributed by atoms with Crippen molar-refractivity contribution in [3.63, 3.8) is 0 Å². The Kier molecular flexibility index (Phi) is 5.64. The van der Waals surface area contributed by atoms with Crippen molar-refractivity contribution in [2.24, 2.45) is 0 Å². The Bertz CT molecular complexity index is 610. The van der Waals surface area contributed by atoms with Gasteiger partial charge in [-0.25, -0.2) is 4.79 Å². The van der Waals surface area contributed by atoms with Crippen LogP contribution in [0.3, 0.4) is 0 Å². The number of carbonyl (C=O) groups is 1. The van der Waals surface area contributed by atoms with Crippen molar-refractivity contribution < 1.29 is 4.79 Å². The van der Waals surface area contributed by atoms with Crippen LogP contribution in [-0.2, 0) is 0 Å². The summed E-state index contributed by atoms with van der Waals surface area (Å²) in [4.78, 5) is 19.7. The van der Waals surface area contributed by atoms with Gasteiger partial charge >= 0.3 is 6.03 Å². The molecule has 5 nitrogen and oxygen atoms in total. The fourth-order valence-electron chi connectivity index (χ4n) is 4.09. The van der Waals surface area contributed by atoms with Gasteiger partial charge in [-0.1, -0.05) is 12.1 Å². The van der Waals surface area contributed by atoms with Crippen LogP contribution in [0.2, 0.25) is 0 Å². The molecule has 25 heavy (non-hydrogen) atoms. The summed E-state index contributed by atoms with van der Waals surface area (Å²) < 4.78 is 0. The summed E-state index contributed by atoms with van der Waals surface area (Å²) in [5.74, 6) is 0. The molecule has 1 N–H and O–H groups in total. The van der Waals surface area contributed by atoms with Crippen LogP contribution in [-0.4, -0.2) is 72.6 Å². The van der Waals surface area contributed by atoms with Gasteiger partial charge < -0.3 is 15.1 Å². The molecule has 1 unspecified atom stereocenters. The Balaban J connectivity index is 1.57. The second kappa shape index (κ2) is 7.75. The standard InChI is InChI=1S/C20H32N4O/c1-15-5-6-16(2)19(13-15)21-20(25)23-11-12-24(17(3)14-23)18-7-9-22(4)10-8-18/h5-6,13,17-18H,7-12,14H2,1-4H3,(H,21,25). The number of piperazine rings is 1. The van der Waals surface area contributed by atoms with Crippen molar-refractivity contribution in [2.75, 3.05) is 45.1 Å². The molecule has 2 aliphatic heterocycles. The van der Waals surface area contributed by atoms with Crippen molar-refractivity contribution in [3.8, 4) is 0 Å². The molecule has 0 spiro atoms. The van der Waals surface area contributed by atoms with E-state index in [-0.39, 0.29) is 6.03 Å². The van der Waals surface area contributed by atoms with E-state index >= 15 is 0 Å². The number of aryl methyl sites for hydroxylation is 2. The first kappa shape index (κ1) is 18.2. The van der Waals surface area contributed by atoms with Crippen LogP contribution < -0.4 is 5.32 Å². The molecule has 2 aliphatic rings. The molecule has 3 rings (SSSR count). The number of hydrogen-bond donors (Lipinski definition) is 1. The number of nitrogens with one attached hydrogen (secondary N) is 1. The number of anilines is 1. The van der Waals surface area contributed by atoms with Gasteiger partial charge in [-0.3, -0.25) is 4.90 Å². The molecule has 0 radical (unpaired) electrons. The fraction of sp³-hybridized carbons (Fsp3) is 0.650. The van der Waals surface area contributed by atoms with Crippen molar-refractivity contribution >= 4 is 11.7 Å². The number of piperidine rings is 1. The predicted octanol–water partition coefficient (Wildman–Crippen LogP) is 2.94. The van der Waals surface area contributed by atoms with Gasteiger partial charge in [-0.15, -0.1) is 0 Å². The third-order valence-corrected chi connectivity index (χ3v) is 5.76. The number of amides is 2. The minimum atomic E-state index is 0.0311. The van der Waals surface area contributed by atoms with Crippen molar-refractivity contribution in [1.29, 1.82) is 0 Å². The molecule has 5 heteroatoms. The van der Waals surface area contributed by atoms with E-state index in [2.05, 4.69) is 48.1 Å². The second-order valence-electron chi connectivity index (χ2n) is 7.82. The lowest BCUT2D eigenvalue weighted by Gasteiger charge is -2.46. The van der Waals surface area contributed by atoms with E-state index in [1.807, 2.05) is 17.9 Å². The number of carbonyl (C=O) groups excluding carboxylic acids is 1. The SMILES string of the molecule is Cc1ccc(C)c(NC(=O)N2CCN(C3CCN(C)CC3)C(C)C2)c1. The summed E-state index contributed by atoms with van der Waals surface area (Å²) in [6.45, 7) is 11.3. The molecule has 1 aromatic rings. The lowest BCUT2D eigenvalue weighted by molar-refractivity contribution is 0.0393. The monoisotopic (exact) mass is 344 g/mol. The highest BCUT2D eigenvalue weighted by Crippen LogP contribution is 2.22. The van der Waals surface area contributed by atoms with Gasteiger partial charge in [0.05, 0.1) is 0 Å². The van der Waals surface area contributed by atoms with Gasteiger partial charge in [-0.05, 0) is 70.9 Å². The highest BCUT2D eigenvalue weighted by atomic mass is 16.2. The van der Waals surface area contributed by atoms with Crippen LogP contribution in [0.1, 0.15) is 30.9 Å². The topological polar surface area (TPSA) is 38.8 Å². The van der Waals surface area contributed by atoms with E-state index in [1.54, 1.807) is 0 Å². The van der Waals surface area contributed by atoms with Crippen LogP contribution in [0, 0.1) is 13.8 Å². The Labute approximate surface area is 152 Å². The molecule has 1 atom stereocenters. The van der Waals surface area contributed by atoms with Crippen LogP contribution in [0.4, 0.5) is 10.5 Å². The van der Waals surface area contributed by atoms with E-state index in [0.29, 0.717) is 12.1 Å². The highest BCUT2D eigenvalue weighted by Gasteiger charge is 2.32.